The van der Waals surface area contributed by atoms with Crippen LogP contribution in [0.4, 0.5) is 4.79 Å². The molecule has 5 nitrogen and oxygen atoms in total. The Labute approximate surface area is 124 Å². The van der Waals surface area contributed by atoms with Crippen LogP contribution in [0.2, 0.25) is 0 Å². The summed E-state index contributed by atoms with van der Waals surface area (Å²) in [5.74, 6) is -0.596. The van der Waals surface area contributed by atoms with Crippen molar-refractivity contribution in [1.29, 1.82) is 0 Å². The van der Waals surface area contributed by atoms with Crippen LogP contribution in [0.25, 0.3) is 0 Å². The molecule has 21 heavy (non-hydrogen) atoms. The molecule has 0 bridgehead atoms. The molecular formula is C16H21NO4. The van der Waals surface area contributed by atoms with Crippen molar-refractivity contribution in [3.63, 3.8) is 0 Å². The van der Waals surface area contributed by atoms with E-state index >= 15 is 0 Å². The van der Waals surface area contributed by atoms with Gasteiger partial charge in [-0.25, -0.2) is 9.59 Å². The van der Waals surface area contributed by atoms with E-state index in [-0.39, 0.29) is 12.3 Å². The predicted octanol–water partition coefficient (Wildman–Crippen LogP) is 3.16. The van der Waals surface area contributed by atoms with Gasteiger partial charge < -0.3 is 9.47 Å². The number of alkyl carbamates (subject to hydrolysis) is 1. The maximum absolute atomic E-state index is 11.8. The molecule has 1 rings (SSSR count). The molecule has 0 aromatic heterocycles. The Kier molecular flexibility index (Phi) is 5.96. The largest absolute Gasteiger partial charge is 0.455 e. The standard InChI is InChI=1S/C16H21NO4/c1-5-13(14(18)21-16(2,3)4)17-15(19)20-11-12-9-7-6-8-10-12/h5-10H,11H2,1-4H3,(H,17,19)/b13-5-. The summed E-state index contributed by atoms with van der Waals surface area (Å²) >= 11 is 0. The van der Waals surface area contributed by atoms with Crippen molar-refractivity contribution in [1.82, 2.24) is 5.32 Å². The first-order valence-electron chi connectivity index (χ1n) is 6.69. The summed E-state index contributed by atoms with van der Waals surface area (Å²) in [4.78, 5) is 23.5. The lowest BCUT2D eigenvalue weighted by Crippen LogP contribution is -2.33. The van der Waals surface area contributed by atoms with E-state index in [1.165, 1.54) is 6.08 Å². The van der Waals surface area contributed by atoms with Crippen molar-refractivity contribution in [2.45, 2.75) is 39.9 Å². The van der Waals surface area contributed by atoms with E-state index in [1.54, 1.807) is 27.7 Å². The number of ether oxygens (including phenoxy) is 2. The van der Waals surface area contributed by atoms with Gasteiger partial charge in [-0.3, -0.25) is 5.32 Å². The molecule has 0 atom stereocenters. The Hall–Kier alpha value is -2.30. The Morgan fingerprint density at radius 1 is 1.19 bits per heavy atom. The summed E-state index contributed by atoms with van der Waals surface area (Å²) < 4.78 is 10.2. The average Bonchev–Trinajstić information content (AvgIpc) is 2.41. The minimum atomic E-state index is -0.696. The van der Waals surface area contributed by atoms with Crippen LogP contribution >= 0.6 is 0 Å². The van der Waals surface area contributed by atoms with Gasteiger partial charge in [0.05, 0.1) is 0 Å². The smallest absolute Gasteiger partial charge is 0.412 e. The number of hydrogen-bond donors (Lipinski definition) is 1. The molecule has 0 unspecified atom stereocenters. The van der Waals surface area contributed by atoms with Crippen LogP contribution in [-0.2, 0) is 20.9 Å². The minimum absolute atomic E-state index is 0.0583. The van der Waals surface area contributed by atoms with E-state index in [2.05, 4.69) is 5.32 Å². The Bertz CT molecular complexity index is 515. The van der Waals surface area contributed by atoms with Gasteiger partial charge in [-0.1, -0.05) is 36.4 Å². The first-order valence-corrected chi connectivity index (χ1v) is 6.69. The SMILES string of the molecule is C/C=C(\NC(=O)OCc1ccccc1)C(=O)OC(C)(C)C. The second-order valence-corrected chi connectivity index (χ2v) is 5.39. The quantitative estimate of drug-likeness (QED) is 0.683. The summed E-state index contributed by atoms with van der Waals surface area (Å²) in [7, 11) is 0. The third-order valence-corrected chi connectivity index (χ3v) is 2.36. The molecule has 1 aromatic carbocycles. The molecule has 1 N–H and O–H groups in total. The van der Waals surface area contributed by atoms with Crippen LogP contribution in [-0.4, -0.2) is 17.7 Å². The average molecular weight is 291 g/mol. The van der Waals surface area contributed by atoms with Crippen molar-refractivity contribution >= 4 is 12.1 Å². The maximum Gasteiger partial charge on any atom is 0.412 e. The van der Waals surface area contributed by atoms with E-state index in [1.807, 2.05) is 30.3 Å². The molecule has 5 heteroatoms. The zero-order valence-electron chi connectivity index (χ0n) is 12.8. The molecular weight excluding hydrogens is 270 g/mol. The number of benzene rings is 1. The second-order valence-electron chi connectivity index (χ2n) is 5.39. The molecule has 1 amide bonds. The first kappa shape index (κ1) is 16.8. The van der Waals surface area contributed by atoms with Crippen molar-refractivity contribution in [3.8, 4) is 0 Å². The molecule has 1 aromatic rings. The maximum atomic E-state index is 11.8. The summed E-state index contributed by atoms with van der Waals surface area (Å²) in [5, 5.41) is 2.38. The van der Waals surface area contributed by atoms with Crippen molar-refractivity contribution in [2.24, 2.45) is 0 Å². The second kappa shape index (κ2) is 7.47. The third-order valence-electron chi connectivity index (χ3n) is 2.36. The Balaban J connectivity index is 2.50. The van der Waals surface area contributed by atoms with Gasteiger partial charge in [0.1, 0.15) is 17.9 Å². The molecule has 0 saturated carbocycles. The summed E-state index contributed by atoms with van der Waals surface area (Å²) in [6.45, 7) is 7.04. The number of nitrogens with one attached hydrogen (secondary N) is 1. The molecule has 0 aliphatic heterocycles. The van der Waals surface area contributed by atoms with Gasteiger partial charge >= 0.3 is 12.1 Å². The zero-order valence-corrected chi connectivity index (χ0v) is 12.8. The Morgan fingerprint density at radius 2 is 1.81 bits per heavy atom. The van der Waals surface area contributed by atoms with Crippen LogP contribution < -0.4 is 5.32 Å². The number of carbonyl (C=O) groups excluding carboxylic acids is 2. The highest BCUT2D eigenvalue weighted by molar-refractivity contribution is 5.92. The summed E-state index contributed by atoms with van der Waals surface area (Å²) in [6, 6.07) is 9.28. The molecule has 0 fully saturated rings. The number of amides is 1. The molecule has 0 aliphatic carbocycles. The van der Waals surface area contributed by atoms with E-state index in [0.717, 1.165) is 5.56 Å². The minimum Gasteiger partial charge on any atom is -0.455 e. The predicted molar refractivity (Wildman–Crippen MR) is 79.4 cm³/mol. The lowest BCUT2D eigenvalue weighted by atomic mass is 10.2. The molecule has 0 saturated heterocycles. The highest BCUT2D eigenvalue weighted by Gasteiger charge is 2.21. The van der Waals surface area contributed by atoms with Crippen LogP contribution in [0.15, 0.2) is 42.1 Å². The zero-order chi connectivity index (χ0) is 15.9. The summed E-state index contributed by atoms with van der Waals surface area (Å²) in [5.41, 5.74) is 0.302. The normalized spacial score (nSPS) is 11.7. The van der Waals surface area contributed by atoms with Crippen LogP contribution in [0.1, 0.15) is 33.3 Å². The summed E-state index contributed by atoms with van der Waals surface area (Å²) in [6.07, 6.45) is 0.774. The topological polar surface area (TPSA) is 64.6 Å². The monoisotopic (exact) mass is 291 g/mol. The lowest BCUT2D eigenvalue weighted by Gasteiger charge is -2.20. The Morgan fingerprint density at radius 3 is 2.33 bits per heavy atom. The van der Waals surface area contributed by atoms with Gasteiger partial charge in [0.15, 0.2) is 0 Å². The third kappa shape index (κ3) is 6.61. The fraction of sp³-hybridized carbons (Fsp3) is 0.375. The number of rotatable bonds is 4. The van der Waals surface area contributed by atoms with E-state index in [0.29, 0.717) is 0 Å². The highest BCUT2D eigenvalue weighted by atomic mass is 16.6. The fourth-order valence-electron chi connectivity index (χ4n) is 1.44. The lowest BCUT2D eigenvalue weighted by molar-refractivity contribution is -0.150. The number of hydrogen-bond acceptors (Lipinski definition) is 4. The first-order chi connectivity index (χ1) is 9.81. The van der Waals surface area contributed by atoms with Crippen LogP contribution in [0.5, 0.6) is 0 Å². The highest BCUT2D eigenvalue weighted by Crippen LogP contribution is 2.10. The molecule has 0 radical (unpaired) electrons. The van der Waals surface area contributed by atoms with Crippen molar-refractivity contribution < 1.29 is 19.1 Å². The van der Waals surface area contributed by atoms with Crippen LogP contribution in [0.3, 0.4) is 0 Å². The molecule has 0 heterocycles. The molecule has 114 valence electrons. The van der Waals surface area contributed by atoms with Gasteiger partial charge in [-0.2, -0.15) is 0 Å². The molecule has 0 aliphatic rings. The van der Waals surface area contributed by atoms with E-state index in [9.17, 15) is 9.59 Å². The fourth-order valence-corrected chi connectivity index (χ4v) is 1.44. The van der Waals surface area contributed by atoms with Gasteiger partial charge in [0.2, 0.25) is 0 Å². The van der Waals surface area contributed by atoms with Crippen LogP contribution in [0, 0.1) is 0 Å². The van der Waals surface area contributed by atoms with Gasteiger partial charge in [-0.15, -0.1) is 0 Å². The molecule has 0 spiro atoms. The van der Waals surface area contributed by atoms with Crippen molar-refractivity contribution in [3.05, 3.63) is 47.7 Å². The van der Waals surface area contributed by atoms with E-state index in [4.69, 9.17) is 9.47 Å². The van der Waals surface area contributed by atoms with Gasteiger partial charge in [0.25, 0.3) is 0 Å². The van der Waals surface area contributed by atoms with E-state index < -0.39 is 17.7 Å². The number of esters is 1. The van der Waals surface area contributed by atoms with Gasteiger partial charge in [-0.05, 0) is 33.3 Å². The van der Waals surface area contributed by atoms with Gasteiger partial charge in [0, 0.05) is 0 Å². The van der Waals surface area contributed by atoms with Crippen molar-refractivity contribution in [2.75, 3.05) is 0 Å². The number of allylic oxidation sites excluding steroid dienone is 1. The number of carbonyl (C=O) groups is 2.